The van der Waals surface area contributed by atoms with Crippen LogP contribution in [0.2, 0.25) is 4.34 Å². The quantitative estimate of drug-likeness (QED) is 0.132. The predicted octanol–water partition coefficient (Wildman–Crippen LogP) is 1.36. The Kier molecular flexibility index (Phi) is 9.56. The van der Waals surface area contributed by atoms with E-state index >= 15 is 0 Å². The third-order valence-electron chi connectivity index (χ3n) is 4.43. The Bertz CT molecular complexity index is 1060. The van der Waals surface area contributed by atoms with Crippen LogP contribution in [0.4, 0.5) is 5.13 Å². The van der Waals surface area contributed by atoms with Gasteiger partial charge in [0.05, 0.1) is 0 Å². The number of halogens is 1. The number of thioether (sulfide) groups is 3. The minimum atomic E-state index is -1.21. The number of aromatic nitrogens is 1. The minimum Gasteiger partial charge on any atom is -0.477 e. The highest BCUT2D eigenvalue weighted by molar-refractivity contribution is 8.08. The molecule has 3 rings (SSSR count). The van der Waals surface area contributed by atoms with Crippen LogP contribution in [0.25, 0.3) is 0 Å². The Morgan fingerprint density at radius 2 is 2.26 bits per heavy atom. The molecular weight excluding hydrogens is 544 g/mol. The lowest BCUT2D eigenvalue weighted by molar-refractivity contribution is -0.150. The van der Waals surface area contributed by atoms with E-state index < -0.39 is 29.2 Å². The van der Waals surface area contributed by atoms with Gasteiger partial charge < -0.3 is 26.7 Å². The van der Waals surface area contributed by atoms with Crippen molar-refractivity contribution in [3.05, 3.63) is 32.1 Å². The van der Waals surface area contributed by atoms with Crippen LogP contribution in [0.5, 0.6) is 0 Å². The highest BCUT2D eigenvalue weighted by Gasteiger charge is 2.54. The molecular formula is C18H21ClN6O5S4. The molecule has 16 heteroatoms. The number of β-lactam (4-membered cyclic amide) rings is 1. The molecule has 2 aliphatic heterocycles. The van der Waals surface area contributed by atoms with Crippen LogP contribution in [0, 0.1) is 0 Å². The fraction of sp³-hybridized carbons (Fsp3) is 0.389. The number of thiazole rings is 1. The van der Waals surface area contributed by atoms with Crippen molar-refractivity contribution in [3.63, 3.8) is 0 Å². The van der Waals surface area contributed by atoms with Crippen molar-refractivity contribution in [3.8, 4) is 0 Å². The molecule has 3 heterocycles. The normalized spacial score (nSPS) is 20.4. The van der Waals surface area contributed by atoms with Crippen molar-refractivity contribution < 1.29 is 24.3 Å². The number of rotatable bonds is 11. The highest BCUT2D eigenvalue weighted by atomic mass is 35.5. The second kappa shape index (κ2) is 12.2. The van der Waals surface area contributed by atoms with Gasteiger partial charge in [-0.1, -0.05) is 45.9 Å². The topological polar surface area (TPSA) is 173 Å². The van der Waals surface area contributed by atoms with E-state index in [4.69, 9.17) is 27.9 Å². The molecule has 11 nitrogen and oxygen atoms in total. The predicted molar refractivity (Wildman–Crippen MR) is 138 cm³/mol. The van der Waals surface area contributed by atoms with Crippen molar-refractivity contribution in [1.29, 1.82) is 0 Å². The van der Waals surface area contributed by atoms with E-state index in [0.29, 0.717) is 17.2 Å². The summed E-state index contributed by atoms with van der Waals surface area (Å²) in [6, 6.07) is -0.946. The Morgan fingerprint density at radius 3 is 2.88 bits per heavy atom. The number of carboxylic acid groups (broad SMARTS) is 1. The van der Waals surface area contributed by atoms with Gasteiger partial charge >= 0.3 is 5.97 Å². The SMILES string of the molecule is CO/N=C(\C(=O)NC1C(=O)N2C(C(=O)O)=C(S/C=C\CSCCN)CS[C@H]12)c1nc(N)sc1Cl. The van der Waals surface area contributed by atoms with E-state index in [2.05, 4.69) is 15.5 Å². The van der Waals surface area contributed by atoms with E-state index in [0.717, 1.165) is 22.8 Å². The average Bonchev–Trinajstić information content (AvgIpc) is 3.14. The van der Waals surface area contributed by atoms with E-state index in [-0.39, 0.29) is 26.6 Å². The van der Waals surface area contributed by atoms with E-state index in [1.165, 1.54) is 35.5 Å². The van der Waals surface area contributed by atoms with Gasteiger partial charge in [0.2, 0.25) is 0 Å². The second-order valence-electron chi connectivity index (χ2n) is 6.59. The fourth-order valence-corrected chi connectivity index (χ4v) is 6.98. The molecule has 0 aromatic carbocycles. The lowest BCUT2D eigenvalue weighted by Crippen LogP contribution is -2.71. The van der Waals surface area contributed by atoms with Crippen LogP contribution in [0.3, 0.4) is 0 Å². The molecule has 2 atom stereocenters. The number of hydrogen-bond acceptors (Lipinski definition) is 12. The molecule has 0 saturated carbocycles. The molecule has 6 N–H and O–H groups in total. The zero-order valence-corrected chi connectivity index (χ0v) is 21.7. The molecule has 0 aliphatic carbocycles. The number of anilines is 1. The summed E-state index contributed by atoms with van der Waals surface area (Å²) >= 11 is 11.3. The van der Waals surface area contributed by atoms with Gasteiger partial charge in [0, 0.05) is 28.7 Å². The van der Waals surface area contributed by atoms with Gasteiger partial charge in [-0.05, 0) is 5.41 Å². The van der Waals surface area contributed by atoms with Crippen molar-refractivity contribution in [2.45, 2.75) is 11.4 Å². The van der Waals surface area contributed by atoms with E-state index in [9.17, 15) is 19.5 Å². The third-order valence-corrected chi connectivity index (χ3v) is 8.88. The van der Waals surface area contributed by atoms with Crippen molar-refractivity contribution in [2.75, 3.05) is 36.6 Å². The average molecular weight is 565 g/mol. The van der Waals surface area contributed by atoms with Crippen LogP contribution in [0.15, 0.2) is 27.2 Å². The largest absolute Gasteiger partial charge is 0.477 e. The van der Waals surface area contributed by atoms with Crippen LogP contribution in [-0.4, -0.2) is 80.8 Å². The van der Waals surface area contributed by atoms with Gasteiger partial charge in [-0.3, -0.25) is 14.5 Å². The van der Waals surface area contributed by atoms with Gasteiger partial charge in [0.15, 0.2) is 10.8 Å². The Balaban J connectivity index is 1.72. The smallest absolute Gasteiger partial charge is 0.353 e. The summed E-state index contributed by atoms with van der Waals surface area (Å²) in [5.41, 5.74) is 10.8. The van der Waals surface area contributed by atoms with Crippen molar-refractivity contribution in [1.82, 2.24) is 15.2 Å². The van der Waals surface area contributed by atoms with Crippen LogP contribution < -0.4 is 16.8 Å². The molecule has 1 fully saturated rings. The van der Waals surface area contributed by atoms with Crippen molar-refractivity contribution >= 4 is 86.9 Å². The maximum Gasteiger partial charge on any atom is 0.353 e. The molecule has 0 radical (unpaired) electrons. The summed E-state index contributed by atoms with van der Waals surface area (Å²) in [7, 11) is 1.25. The first-order valence-electron chi connectivity index (χ1n) is 9.64. The summed E-state index contributed by atoms with van der Waals surface area (Å²) in [5.74, 6) is -0.518. The Morgan fingerprint density at radius 1 is 1.50 bits per heavy atom. The number of nitrogens with zero attached hydrogens (tertiary/aromatic N) is 3. The van der Waals surface area contributed by atoms with Crippen LogP contribution in [-0.2, 0) is 19.2 Å². The standard InChI is InChI=1S/C18H21ClN6O5S4/c1-30-24-10(9-13(19)34-18(21)23-9)14(26)22-11-15(27)25-12(17(28)29)8(7-33-16(11)25)32-5-2-4-31-6-3-20/h2,5,11,16H,3-4,6-7,20H2,1H3,(H2,21,23)(H,22,26)(H,28,29)/b5-2-,24-10-/t11?,16-/m1/s1. The number of aliphatic carboxylic acids is 1. The zero-order chi connectivity index (χ0) is 24.8. The van der Waals surface area contributed by atoms with Crippen LogP contribution in [0.1, 0.15) is 5.69 Å². The summed E-state index contributed by atoms with van der Waals surface area (Å²) in [5, 5.41) is 17.4. The van der Waals surface area contributed by atoms with Gasteiger partial charge in [-0.2, -0.15) is 11.8 Å². The van der Waals surface area contributed by atoms with Gasteiger partial charge in [-0.15, -0.1) is 11.8 Å². The monoisotopic (exact) mass is 564 g/mol. The molecule has 34 heavy (non-hydrogen) atoms. The van der Waals surface area contributed by atoms with Crippen molar-refractivity contribution in [2.24, 2.45) is 10.9 Å². The Labute approximate surface area is 216 Å². The highest BCUT2D eigenvalue weighted by Crippen LogP contribution is 2.43. The molecule has 0 bridgehead atoms. The molecule has 2 amide bonds. The minimum absolute atomic E-state index is 0.0321. The van der Waals surface area contributed by atoms with E-state index in [1.54, 1.807) is 11.8 Å². The maximum atomic E-state index is 12.9. The van der Waals surface area contributed by atoms with Gasteiger partial charge in [0.25, 0.3) is 11.8 Å². The number of hydrogen-bond donors (Lipinski definition) is 4. The number of fused-ring (bicyclic) bond motifs is 1. The first kappa shape index (κ1) is 26.7. The molecule has 1 unspecified atom stereocenters. The number of nitrogen functional groups attached to an aromatic ring is 1. The molecule has 1 aromatic heterocycles. The first-order valence-corrected chi connectivity index (χ1v) is 13.9. The summed E-state index contributed by atoms with van der Waals surface area (Å²) < 4.78 is 0.143. The second-order valence-corrected chi connectivity index (χ2v) is 11.5. The number of carbonyl (C=O) groups excluding carboxylic acids is 2. The molecule has 2 aliphatic rings. The number of nitrogens with one attached hydrogen (secondary N) is 1. The fourth-order valence-electron chi connectivity index (χ4n) is 3.04. The van der Waals surface area contributed by atoms with Gasteiger partial charge in [-0.25, -0.2) is 9.78 Å². The summed E-state index contributed by atoms with van der Waals surface area (Å²) in [4.78, 5) is 48.1. The summed E-state index contributed by atoms with van der Waals surface area (Å²) in [6.45, 7) is 0.594. The van der Waals surface area contributed by atoms with Gasteiger partial charge in [0.1, 0.15) is 34.3 Å². The number of nitrogens with two attached hydrogens (primary N) is 2. The third kappa shape index (κ3) is 5.83. The number of oxime groups is 1. The number of amides is 2. The number of carbonyl (C=O) groups is 3. The first-order chi connectivity index (χ1) is 16.3. The molecule has 1 saturated heterocycles. The maximum absolute atomic E-state index is 12.9. The van der Waals surface area contributed by atoms with E-state index in [1.807, 2.05) is 11.5 Å². The zero-order valence-electron chi connectivity index (χ0n) is 17.7. The molecule has 1 aromatic rings. The lowest BCUT2D eigenvalue weighted by Gasteiger charge is -2.49. The lowest BCUT2D eigenvalue weighted by atomic mass is 10.0. The Hall–Kier alpha value is -1.91. The molecule has 184 valence electrons. The number of carboxylic acids is 1. The summed E-state index contributed by atoms with van der Waals surface area (Å²) in [6.07, 6.45) is 1.92. The molecule has 0 spiro atoms. The van der Waals surface area contributed by atoms with Crippen LogP contribution >= 0.6 is 58.2 Å².